The fraction of sp³-hybridized carbons (Fsp3) is 0.345. The number of nitrogens with zero attached hydrogens (tertiary/aromatic N) is 1. The molecule has 3 aromatic carbocycles. The lowest BCUT2D eigenvalue weighted by Gasteiger charge is -2.39. The Morgan fingerprint density at radius 3 is 2.36 bits per heavy atom. The number of aliphatic carboxylic acids is 1. The van der Waals surface area contributed by atoms with Crippen LogP contribution in [0.3, 0.4) is 0 Å². The highest BCUT2D eigenvalue weighted by Gasteiger charge is 2.39. The van der Waals surface area contributed by atoms with Crippen LogP contribution in [0, 0.1) is 19.8 Å². The van der Waals surface area contributed by atoms with E-state index in [1.165, 1.54) is 38.9 Å². The Morgan fingerprint density at radius 1 is 0.970 bits per heavy atom. The van der Waals surface area contributed by atoms with Gasteiger partial charge in [-0.2, -0.15) is 0 Å². The number of benzene rings is 3. The van der Waals surface area contributed by atoms with Gasteiger partial charge in [0.25, 0.3) is 0 Å². The molecule has 1 saturated carbocycles. The van der Waals surface area contributed by atoms with Gasteiger partial charge in [0.1, 0.15) is 5.75 Å². The van der Waals surface area contributed by atoms with E-state index in [1.807, 2.05) is 0 Å². The Labute approximate surface area is 195 Å². The normalized spacial score (nSPS) is 19.7. The minimum absolute atomic E-state index is 0.161. The van der Waals surface area contributed by atoms with Crippen LogP contribution in [0.25, 0.3) is 11.1 Å². The standard InChI is InChI=1S/C29H31NO3/c1-19-12-21(13-20(2)28(19)22-6-4-3-5-7-22)10-11-33-27-9-8-23-17-30(18-25(23)16-27)26-14-24(15-26)29(31)32/h3-9,12-13,16,24,26H,10-11,14-15,17-18H2,1-2H3,(H,31,32). The predicted octanol–water partition coefficient (Wildman–Crippen LogP) is 5.77. The Kier molecular flexibility index (Phi) is 5.94. The average Bonchev–Trinajstić information content (AvgIpc) is 3.15. The van der Waals surface area contributed by atoms with E-state index in [0.29, 0.717) is 12.6 Å². The van der Waals surface area contributed by atoms with Crippen LogP contribution in [0.4, 0.5) is 0 Å². The zero-order valence-electron chi connectivity index (χ0n) is 19.4. The van der Waals surface area contributed by atoms with Crippen LogP contribution in [0.15, 0.2) is 60.7 Å². The lowest BCUT2D eigenvalue weighted by molar-refractivity contribution is -0.147. The van der Waals surface area contributed by atoms with Gasteiger partial charge in [-0.15, -0.1) is 0 Å². The third kappa shape index (κ3) is 4.53. The van der Waals surface area contributed by atoms with Crippen molar-refractivity contribution in [2.75, 3.05) is 6.61 Å². The molecule has 1 fully saturated rings. The number of ether oxygens (including phenoxy) is 1. The Morgan fingerprint density at radius 2 is 1.67 bits per heavy atom. The molecule has 0 aromatic heterocycles. The molecule has 0 radical (unpaired) electrons. The number of carboxylic acids is 1. The maximum atomic E-state index is 11.1. The first kappa shape index (κ1) is 21.7. The number of carboxylic acid groups (broad SMARTS) is 1. The van der Waals surface area contributed by atoms with Gasteiger partial charge in [-0.05, 0) is 77.8 Å². The monoisotopic (exact) mass is 441 g/mol. The van der Waals surface area contributed by atoms with Crippen LogP contribution >= 0.6 is 0 Å². The van der Waals surface area contributed by atoms with Gasteiger partial charge in [-0.3, -0.25) is 9.69 Å². The molecule has 1 N–H and O–H groups in total. The van der Waals surface area contributed by atoms with Gasteiger partial charge in [0.15, 0.2) is 0 Å². The molecular weight excluding hydrogens is 410 g/mol. The van der Waals surface area contributed by atoms with Crippen molar-refractivity contribution in [1.29, 1.82) is 0 Å². The number of rotatable bonds is 7. The largest absolute Gasteiger partial charge is 0.493 e. The summed E-state index contributed by atoms with van der Waals surface area (Å²) in [5, 5.41) is 9.13. The van der Waals surface area contributed by atoms with E-state index in [4.69, 9.17) is 9.84 Å². The van der Waals surface area contributed by atoms with Gasteiger partial charge in [0.05, 0.1) is 12.5 Å². The number of carbonyl (C=O) groups is 1. The Balaban J connectivity index is 1.18. The first-order chi connectivity index (χ1) is 16.0. The summed E-state index contributed by atoms with van der Waals surface area (Å²) < 4.78 is 6.12. The van der Waals surface area contributed by atoms with Crippen LogP contribution in [-0.2, 0) is 24.3 Å². The lowest BCUT2D eigenvalue weighted by atomic mass is 9.79. The molecule has 1 aliphatic carbocycles. The molecule has 0 amide bonds. The van der Waals surface area contributed by atoms with E-state index in [0.717, 1.165) is 38.1 Å². The van der Waals surface area contributed by atoms with Crippen molar-refractivity contribution in [2.24, 2.45) is 5.92 Å². The number of hydrogen-bond donors (Lipinski definition) is 1. The molecule has 2 aliphatic rings. The van der Waals surface area contributed by atoms with E-state index in [2.05, 4.69) is 79.4 Å². The summed E-state index contributed by atoms with van der Waals surface area (Å²) in [5.74, 6) is 0.104. The predicted molar refractivity (Wildman–Crippen MR) is 130 cm³/mol. The van der Waals surface area contributed by atoms with Crippen molar-refractivity contribution in [1.82, 2.24) is 4.90 Å². The molecular formula is C29H31NO3. The number of fused-ring (bicyclic) bond motifs is 1. The molecule has 0 spiro atoms. The maximum absolute atomic E-state index is 11.1. The molecule has 1 aliphatic heterocycles. The molecule has 170 valence electrons. The zero-order chi connectivity index (χ0) is 22.9. The van der Waals surface area contributed by atoms with Crippen LogP contribution in [0.5, 0.6) is 5.75 Å². The quantitative estimate of drug-likeness (QED) is 0.506. The maximum Gasteiger partial charge on any atom is 0.306 e. The molecule has 33 heavy (non-hydrogen) atoms. The van der Waals surface area contributed by atoms with E-state index < -0.39 is 5.97 Å². The van der Waals surface area contributed by atoms with Crippen molar-refractivity contribution >= 4 is 5.97 Å². The molecule has 4 nitrogen and oxygen atoms in total. The lowest BCUT2D eigenvalue weighted by Crippen LogP contribution is -2.44. The second kappa shape index (κ2) is 9.03. The van der Waals surface area contributed by atoms with Gasteiger partial charge in [-0.1, -0.05) is 48.5 Å². The molecule has 0 saturated heterocycles. The van der Waals surface area contributed by atoms with E-state index in [-0.39, 0.29) is 5.92 Å². The number of aryl methyl sites for hydroxylation is 2. The number of hydrogen-bond acceptors (Lipinski definition) is 3. The van der Waals surface area contributed by atoms with Crippen molar-refractivity contribution in [3.05, 3.63) is 88.5 Å². The smallest absolute Gasteiger partial charge is 0.306 e. The van der Waals surface area contributed by atoms with E-state index in [1.54, 1.807) is 0 Å². The third-order valence-electron chi connectivity index (χ3n) is 7.22. The Hall–Kier alpha value is -3.11. The summed E-state index contributed by atoms with van der Waals surface area (Å²) in [6.07, 6.45) is 2.42. The summed E-state index contributed by atoms with van der Waals surface area (Å²) in [5.41, 5.74) is 9.14. The minimum atomic E-state index is -0.654. The molecule has 0 unspecified atom stereocenters. The van der Waals surface area contributed by atoms with E-state index >= 15 is 0 Å². The van der Waals surface area contributed by atoms with Crippen molar-refractivity contribution in [2.45, 2.75) is 52.2 Å². The molecule has 4 heteroatoms. The zero-order valence-corrected chi connectivity index (χ0v) is 19.4. The van der Waals surface area contributed by atoms with Crippen molar-refractivity contribution < 1.29 is 14.6 Å². The van der Waals surface area contributed by atoms with Crippen molar-refractivity contribution in [3.8, 4) is 16.9 Å². The summed E-state index contributed by atoms with van der Waals surface area (Å²) in [6, 6.07) is 21.9. The second-order valence-electron chi connectivity index (χ2n) is 9.56. The highest BCUT2D eigenvalue weighted by molar-refractivity contribution is 5.71. The molecule has 0 bridgehead atoms. The first-order valence-electron chi connectivity index (χ1n) is 11.8. The van der Waals surface area contributed by atoms with Gasteiger partial charge in [0, 0.05) is 25.6 Å². The SMILES string of the molecule is Cc1cc(CCOc2ccc3c(c2)CN(C2CC(C(=O)O)C2)C3)cc(C)c1-c1ccccc1. The third-order valence-corrected chi connectivity index (χ3v) is 7.22. The second-order valence-corrected chi connectivity index (χ2v) is 9.56. The summed E-state index contributed by atoms with van der Waals surface area (Å²) in [4.78, 5) is 13.5. The van der Waals surface area contributed by atoms with Crippen LogP contribution < -0.4 is 4.74 Å². The summed E-state index contributed by atoms with van der Waals surface area (Å²) >= 11 is 0. The molecule has 1 heterocycles. The van der Waals surface area contributed by atoms with Gasteiger partial charge < -0.3 is 9.84 Å². The topological polar surface area (TPSA) is 49.8 Å². The highest BCUT2D eigenvalue weighted by Crippen LogP contribution is 2.37. The fourth-order valence-corrected chi connectivity index (χ4v) is 5.38. The van der Waals surface area contributed by atoms with Crippen LogP contribution in [0.2, 0.25) is 0 Å². The molecule has 0 atom stereocenters. The summed E-state index contributed by atoms with van der Waals surface area (Å²) in [7, 11) is 0. The van der Waals surface area contributed by atoms with Crippen LogP contribution in [0.1, 0.15) is 40.7 Å². The minimum Gasteiger partial charge on any atom is -0.493 e. The van der Waals surface area contributed by atoms with Gasteiger partial charge in [-0.25, -0.2) is 0 Å². The van der Waals surface area contributed by atoms with Crippen molar-refractivity contribution in [3.63, 3.8) is 0 Å². The van der Waals surface area contributed by atoms with E-state index in [9.17, 15) is 4.79 Å². The van der Waals surface area contributed by atoms with Crippen LogP contribution in [-0.4, -0.2) is 28.6 Å². The molecule has 5 rings (SSSR count). The molecule has 3 aromatic rings. The first-order valence-corrected chi connectivity index (χ1v) is 11.8. The Bertz CT molecular complexity index is 1140. The van der Waals surface area contributed by atoms with Gasteiger partial charge in [0.2, 0.25) is 0 Å². The highest BCUT2D eigenvalue weighted by atomic mass is 16.5. The fourth-order valence-electron chi connectivity index (χ4n) is 5.38. The van der Waals surface area contributed by atoms with Gasteiger partial charge >= 0.3 is 5.97 Å². The average molecular weight is 442 g/mol. The summed E-state index contributed by atoms with van der Waals surface area (Å²) in [6.45, 7) is 6.83.